The molecule has 2 heterocycles. The number of nitrogens with one attached hydrogen (secondary N) is 2. The number of piperidine rings is 1. The van der Waals surface area contributed by atoms with Crippen LogP contribution in [0.25, 0.3) is 0 Å². The van der Waals surface area contributed by atoms with Gasteiger partial charge in [-0.3, -0.25) is 9.69 Å². The van der Waals surface area contributed by atoms with Gasteiger partial charge < -0.3 is 15.5 Å². The Bertz CT molecular complexity index is 616. The molecule has 2 aliphatic heterocycles. The molecule has 7 heteroatoms. The minimum Gasteiger partial charge on any atom is -0.354 e. The van der Waals surface area contributed by atoms with Crippen molar-refractivity contribution >= 4 is 23.5 Å². The van der Waals surface area contributed by atoms with E-state index < -0.39 is 0 Å². The molecule has 2 N–H and O–H groups in total. The van der Waals surface area contributed by atoms with E-state index in [0.717, 1.165) is 25.1 Å². The molecular formula is C19H27ClN4O2. The van der Waals surface area contributed by atoms with Gasteiger partial charge in [-0.2, -0.15) is 0 Å². The van der Waals surface area contributed by atoms with Crippen LogP contribution in [0.3, 0.4) is 0 Å². The molecule has 2 aliphatic rings. The van der Waals surface area contributed by atoms with Crippen LogP contribution < -0.4 is 10.6 Å². The summed E-state index contributed by atoms with van der Waals surface area (Å²) in [5.41, 5.74) is 1.16. The summed E-state index contributed by atoms with van der Waals surface area (Å²) in [7, 11) is 0. The highest BCUT2D eigenvalue weighted by Crippen LogP contribution is 2.25. The Morgan fingerprint density at radius 1 is 1.12 bits per heavy atom. The van der Waals surface area contributed by atoms with Crippen molar-refractivity contribution < 1.29 is 9.59 Å². The van der Waals surface area contributed by atoms with Crippen LogP contribution in [0.15, 0.2) is 24.3 Å². The molecule has 1 atom stereocenters. The second-order valence-corrected chi connectivity index (χ2v) is 7.41. The van der Waals surface area contributed by atoms with E-state index in [1.54, 1.807) is 4.90 Å². The lowest BCUT2D eigenvalue weighted by atomic mass is 10.0. The van der Waals surface area contributed by atoms with E-state index in [4.69, 9.17) is 11.6 Å². The van der Waals surface area contributed by atoms with Gasteiger partial charge in [-0.1, -0.05) is 30.2 Å². The summed E-state index contributed by atoms with van der Waals surface area (Å²) in [5, 5.41) is 6.55. The van der Waals surface area contributed by atoms with Gasteiger partial charge >= 0.3 is 6.03 Å². The summed E-state index contributed by atoms with van der Waals surface area (Å²) >= 11 is 6.03. The number of likely N-dealkylation sites (tertiary alicyclic amines) is 1. The average Bonchev–Trinajstić information content (AvgIpc) is 2.88. The van der Waals surface area contributed by atoms with Crippen molar-refractivity contribution in [3.8, 4) is 0 Å². The number of hydrogen-bond acceptors (Lipinski definition) is 3. The molecule has 0 spiro atoms. The molecule has 0 aliphatic carbocycles. The summed E-state index contributed by atoms with van der Waals surface area (Å²) in [4.78, 5) is 28.3. The van der Waals surface area contributed by atoms with Crippen LogP contribution in [0.4, 0.5) is 4.79 Å². The Labute approximate surface area is 159 Å². The zero-order valence-electron chi connectivity index (χ0n) is 15.0. The van der Waals surface area contributed by atoms with Gasteiger partial charge in [-0.25, -0.2) is 4.79 Å². The molecule has 2 fully saturated rings. The Kier molecular flexibility index (Phi) is 6.74. The third-order valence-corrected chi connectivity index (χ3v) is 5.33. The van der Waals surface area contributed by atoms with Gasteiger partial charge in [0.2, 0.25) is 5.91 Å². The zero-order chi connectivity index (χ0) is 18.4. The van der Waals surface area contributed by atoms with E-state index >= 15 is 0 Å². The molecule has 142 valence electrons. The van der Waals surface area contributed by atoms with Crippen molar-refractivity contribution in [2.45, 2.75) is 31.7 Å². The fourth-order valence-electron chi connectivity index (χ4n) is 3.65. The van der Waals surface area contributed by atoms with Crippen LogP contribution in [0.5, 0.6) is 0 Å². The quantitative estimate of drug-likeness (QED) is 0.845. The molecular weight excluding hydrogens is 352 g/mol. The smallest absolute Gasteiger partial charge is 0.317 e. The Balaban J connectivity index is 1.65. The Hall–Kier alpha value is -1.79. The fraction of sp³-hybridized carbons (Fsp3) is 0.579. The maximum atomic E-state index is 12.6. The van der Waals surface area contributed by atoms with E-state index in [0.29, 0.717) is 24.7 Å². The van der Waals surface area contributed by atoms with Gasteiger partial charge in [0, 0.05) is 24.7 Å². The number of benzene rings is 1. The van der Waals surface area contributed by atoms with Crippen LogP contribution in [-0.4, -0.2) is 61.0 Å². The second kappa shape index (κ2) is 9.24. The van der Waals surface area contributed by atoms with Crippen molar-refractivity contribution in [2.24, 2.45) is 0 Å². The summed E-state index contributed by atoms with van der Waals surface area (Å²) < 4.78 is 0. The molecule has 0 saturated carbocycles. The minimum atomic E-state index is -0.168. The van der Waals surface area contributed by atoms with Crippen LogP contribution in [0.1, 0.15) is 37.3 Å². The first-order chi connectivity index (χ1) is 12.6. The van der Waals surface area contributed by atoms with Crippen LogP contribution in [0.2, 0.25) is 5.02 Å². The summed E-state index contributed by atoms with van der Waals surface area (Å²) in [6, 6.07) is 7.82. The van der Waals surface area contributed by atoms with Crippen molar-refractivity contribution in [1.29, 1.82) is 0 Å². The number of rotatable bonds is 4. The summed E-state index contributed by atoms with van der Waals surface area (Å²) in [6.45, 7) is 3.95. The Morgan fingerprint density at radius 2 is 1.85 bits per heavy atom. The normalized spacial score (nSPS) is 20.2. The van der Waals surface area contributed by atoms with Gasteiger partial charge in [-0.05, 0) is 50.0 Å². The molecule has 26 heavy (non-hydrogen) atoms. The zero-order valence-corrected chi connectivity index (χ0v) is 15.8. The molecule has 2 saturated heterocycles. The summed E-state index contributed by atoms with van der Waals surface area (Å²) in [5.74, 6) is -0.0945. The topological polar surface area (TPSA) is 64.7 Å². The first-order valence-electron chi connectivity index (χ1n) is 9.42. The largest absolute Gasteiger partial charge is 0.354 e. The van der Waals surface area contributed by atoms with E-state index in [-0.39, 0.29) is 24.5 Å². The monoisotopic (exact) mass is 378 g/mol. The molecule has 0 aromatic heterocycles. The van der Waals surface area contributed by atoms with Gasteiger partial charge in [0.25, 0.3) is 0 Å². The van der Waals surface area contributed by atoms with Crippen molar-refractivity contribution in [3.05, 3.63) is 34.9 Å². The van der Waals surface area contributed by atoms with Crippen molar-refractivity contribution in [3.63, 3.8) is 0 Å². The van der Waals surface area contributed by atoms with E-state index in [1.165, 1.54) is 19.3 Å². The molecule has 1 aromatic carbocycles. The maximum absolute atomic E-state index is 12.6. The van der Waals surface area contributed by atoms with Gasteiger partial charge in [0.1, 0.15) is 6.54 Å². The second-order valence-electron chi connectivity index (χ2n) is 6.98. The number of carbonyl (C=O) groups is 2. The molecule has 3 rings (SSSR count). The van der Waals surface area contributed by atoms with E-state index in [9.17, 15) is 9.59 Å². The first-order valence-corrected chi connectivity index (χ1v) is 9.80. The molecule has 6 nitrogen and oxygen atoms in total. The van der Waals surface area contributed by atoms with Crippen LogP contribution in [-0.2, 0) is 4.79 Å². The van der Waals surface area contributed by atoms with Crippen molar-refractivity contribution in [2.75, 3.05) is 39.3 Å². The summed E-state index contributed by atoms with van der Waals surface area (Å²) in [6.07, 6.45) is 4.42. The standard InChI is InChI=1S/C19H27ClN4O2/c20-16-7-5-15(6-8-16)17(23-10-2-1-3-11-23)13-22-19(26)24-12-4-9-21-18(25)14-24/h5-8,17H,1-4,9-14H2,(H,21,25)(H,22,26). The predicted molar refractivity (Wildman–Crippen MR) is 102 cm³/mol. The molecule has 1 aromatic rings. The fourth-order valence-corrected chi connectivity index (χ4v) is 3.77. The van der Waals surface area contributed by atoms with Gasteiger partial charge in [0.05, 0.1) is 6.04 Å². The van der Waals surface area contributed by atoms with Gasteiger partial charge in [0.15, 0.2) is 0 Å². The maximum Gasteiger partial charge on any atom is 0.317 e. The SMILES string of the molecule is O=C1CN(C(=O)NCC(c2ccc(Cl)cc2)N2CCCCC2)CCCN1. The number of nitrogens with zero attached hydrogens (tertiary/aromatic N) is 2. The van der Waals surface area contributed by atoms with Crippen LogP contribution >= 0.6 is 11.6 Å². The highest BCUT2D eigenvalue weighted by molar-refractivity contribution is 6.30. The number of amides is 3. The number of hydrogen-bond donors (Lipinski definition) is 2. The lowest BCUT2D eigenvalue weighted by Crippen LogP contribution is -2.47. The molecule has 0 radical (unpaired) electrons. The number of carbonyl (C=O) groups excluding carboxylic acids is 2. The lowest BCUT2D eigenvalue weighted by molar-refractivity contribution is -0.121. The van der Waals surface area contributed by atoms with E-state index in [2.05, 4.69) is 15.5 Å². The molecule has 0 bridgehead atoms. The highest BCUT2D eigenvalue weighted by atomic mass is 35.5. The third-order valence-electron chi connectivity index (χ3n) is 5.08. The highest BCUT2D eigenvalue weighted by Gasteiger charge is 2.25. The Morgan fingerprint density at radius 3 is 2.58 bits per heavy atom. The van der Waals surface area contributed by atoms with Gasteiger partial charge in [-0.15, -0.1) is 0 Å². The first kappa shape index (κ1) is 19.0. The lowest BCUT2D eigenvalue weighted by Gasteiger charge is -2.35. The van der Waals surface area contributed by atoms with Crippen molar-refractivity contribution in [1.82, 2.24) is 20.4 Å². The minimum absolute atomic E-state index is 0.0945. The van der Waals surface area contributed by atoms with E-state index in [1.807, 2.05) is 24.3 Å². The third kappa shape index (κ3) is 5.11. The number of urea groups is 1. The predicted octanol–water partition coefficient (Wildman–Crippen LogP) is 2.40. The number of halogens is 1. The van der Waals surface area contributed by atoms with Crippen LogP contribution in [0, 0.1) is 0 Å². The average molecular weight is 379 g/mol. The molecule has 3 amide bonds. The molecule has 1 unspecified atom stereocenters.